The van der Waals surface area contributed by atoms with E-state index in [1.807, 2.05) is 48.5 Å². The van der Waals surface area contributed by atoms with Crippen molar-refractivity contribution in [2.24, 2.45) is 5.16 Å². The van der Waals surface area contributed by atoms with Crippen LogP contribution in [-0.4, -0.2) is 98.4 Å². The first-order chi connectivity index (χ1) is 18.1. The monoisotopic (exact) mass is 517 g/mol. The Balaban J connectivity index is 1.15. The molecule has 1 aliphatic rings. The highest BCUT2D eigenvalue weighted by Gasteiger charge is 2.44. The molecule has 3 aromatic rings. The van der Waals surface area contributed by atoms with E-state index in [2.05, 4.69) is 10.6 Å². The molecule has 0 spiro atoms. The number of carbonyl (C=O) groups excluding carboxylic acids is 1. The van der Waals surface area contributed by atoms with E-state index >= 15 is 0 Å². The van der Waals surface area contributed by atoms with Gasteiger partial charge in [0, 0.05) is 25.0 Å². The number of aromatic nitrogens is 1. The van der Waals surface area contributed by atoms with E-state index in [0.717, 1.165) is 21.8 Å². The van der Waals surface area contributed by atoms with Crippen molar-refractivity contribution >= 4 is 34.1 Å². The number of aliphatic hydroxyl groups is 2. The van der Waals surface area contributed by atoms with E-state index < -0.39 is 36.7 Å². The number of carbonyl (C=O) groups is 1. The van der Waals surface area contributed by atoms with Crippen LogP contribution < -0.4 is 5.48 Å². The van der Waals surface area contributed by atoms with Crippen LogP contribution in [-0.2, 0) is 28.6 Å². The van der Waals surface area contributed by atoms with Crippen molar-refractivity contribution < 1.29 is 43.6 Å². The van der Waals surface area contributed by atoms with Crippen LogP contribution in [0.15, 0.2) is 53.7 Å². The van der Waals surface area contributed by atoms with Crippen molar-refractivity contribution in [2.75, 3.05) is 40.6 Å². The molecule has 12 heteroatoms. The minimum atomic E-state index is -1.25. The first kappa shape index (κ1) is 26.9. The molecule has 1 amide bonds. The molecule has 1 aromatic heterocycles. The van der Waals surface area contributed by atoms with Gasteiger partial charge in [0.25, 0.3) is 0 Å². The zero-order valence-corrected chi connectivity index (χ0v) is 20.6. The second kappa shape index (κ2) is 12.9. The average Bonchev–Trinajstić information content (AvgIpc) is 3.26. The molecule has 4 rings (SSSR count). The summed E-state index contributed by atoms with van der Waals surface area (Å²) in [6, 6.07) is 15.0. The summed E-state index contributed by atoms with van der Waals surface area (Å²) in [7, 11) is 2.75. The lowest BCUT2D eigenvalue weighted by molar-refractivity contribution is -0.278. The van der Waals surface area contributed by atoms with Crippen LogP contribution in [0.3, 0.4) is 0 Å². The average molecular weight is 518 g/mol. The fourth-order valence-electron chi connectivity index (χ4n) is 4.21. The fraction of sp³-hybridized carbons (Fsp3) is 0.440. The Morgan fingerprint density at radius 1 is 0.973 bits per heavy atom. The topological polar surface area (TPSA) is 142 Å². The first-order valence-corrected chi connectivity index (χ1v) is 11.8. The highest BCUT2D eigenvalue weighted by Crippen LogP contribution is 2.28. The Kier molecular flexibility index (Phi) is 9.41. The predicted octanol–water partition coefficient (Wildman–Crippen LogP) is 1.41. The lowest BCUT2D eigenvalue weighted by Gasteiger charge is -2.39. The minimum Gasteiger partial charge on any atom is -0.394 e. The number of para-hydroxylation sites is 2. The van der Waals surface area contributed by atoms with Gasteiger partial charge in [-0.1, -0.05) is 41.6 Å². The molecule has 2 aromatic carbocycles. The third-order valence-electron chi connectivity index (χ3n) is 5.96. The molecule has 1 saturated heterocycles. The molecule has 5 atom stereocenters. The molecule has 3 N–H and O–H groups in total. The number of rotatable bonds is 11. The van der Waals surface area contributed by atoms with Crippen molar-refractivity contribution in [2.45, 2.75) is 30.7 Å². The molecule has 0 bridgehead atoms. The van der Waals surface area contributed by atoms with E-state index in [1.54, 1.807) is 4.57 Å². The lowest BCUT2D eigenvalue weighted by atomic mass is 9.99. The summed E-state index contributed by atoms with van der Waals surface area (Å²) in [6.45, 7) is 0.726. The van der Waals surface area contributed by atoms with Crippen molar-refractivity contribution in [1.82, 2.24) is 10.0 Å². The summed E-state index contributed by atoms with van der Waals surface area (Å²) >= 11 is 0. The number of nitrogens with one attached hydrogen (secondary N) is 1. The van der Waals surface area contributed by atoms with Gasteiger partial charge in [-0.3, -0.25) is 9.40 Å². The van der Waals surface area contributed by atoms with Gasteiger partial charge in [-0.05, 0) is 12.1 Å². The molecule has 200 valence electrons. The van der Waals surface area contributed by atoms with E-state index in [4.69, 9.17) is 28.6 Å². The third-order valence-corrected chi connectivity index (χ3v) is 5.96. The summed E-state index contributed by atoms with van der Waals surface area (Å²) in [5, 5.41) is 25.9. The lowest BCUT2D eigenvalue weighted by Crippen LogP contribution is -2.59. The molecule has 12 nitrogen and oxygen atoms in total. The third kappa shape index (κ3) is 6.08. The smallest absolute Gasteiger partial charge is 0.350 e. The van der Waals surface area contributed by atoms with Gasteiger partial charge in [0.2, 0.25) is 0 Å². The minimum absolute atomic E-state index is 0.135. The largest absolute Gasteiger partial charge is 0.394 e. The van der Waals surface area contributed by atoms with Gasteiger partial charge < -0.3 is 34.0 Å². The number of hydrogen-bond acceptors (Lipinski definition) is 10. The Hall–Kier alpha value is -3.10. The normalized spacial score (nSPS) is 24.2. The maximum Gasteiger partial charge on any atom is 0.350 e. The Morgan fingerprint density at radius 3 is 2.27 bits per heavy atom. The number of amides is 1. The van der Waals surface area contributed by atoms with Gasteiger partial charge in [0.15, 0.2) is 6.29 Å². The molecule has 37 heavy (non-hydrogen) atoms. The van der Waals surface area contributed by atoms with Gasteiger partial charge >= 0.3 is 6.03 Å². The number of ether oxygens (including phenoxy) is 4. The quantitative estimate of drug-likeness (QED) is 0.195. The van der Waals surface area contributed by atoms with Crippen molar-refractivity contribution in [3.63, 3.8) is 0 Å². The predicted molar refractivity (Wildman–Crippen MR) is 133 cm³/mol. The summed E-state index contributed by atoms with van der Waals surface area (Å²) in [5.41, 5.74) is 4.04. The van der Waals surface area contributed by atoms with E-state index in [1.165, 1.54) is 20.4 Å². The SMILES string of the molecule is CO[C@@H]1O[C@H](/C=N/OCCOCCONC(=O)n2c3ccccc3c3ccccc32)[C@@H](OC)[C@H](O)[C@H]1O. The molecule has 0 aliphatic carbocycles. The zero-order valence-electron chi connectivity index (χ0n) is 20.6. The van der Waals surface area contributed by atoms with Crippen molar-refractivity contribution in [3.8, 4) is 0 Å². The van der Waals surface area contributed by atoms with Crippen LogP contribution in [0, 0.1) is 0 Å². The number of aliphatic hydroxyl groups excluding tert-OH is 2. The number of oxime groups is 1. The Bertz CT molecular complexity index is 1150. The molecule has 1 aliphatic heterocycles. The van der Waals surface area contributed by atoms with Crippen LogP contribution in [0.5, 0.6) is 0 Å². The summed E-state index contributed by atoms with van der Waals surface area (Å²) in [4.78, 5) is 23.2. The highest BCUT2D eigenvalue weighted by molar-refractivity contribution is 6.12. The maximum atomic E-state index is 12.8. The summed E-state index contributed by atoms with van der Waals surface area (Å²) < 4.78 is 22.7. The van der Waals surface area contributed by atoms with Gasteiger partial charge in [0.1, 0.15) is 31.0 Å². The molecular weight excluding hydrogens is 486 g/mol. The molecule has 2 heterocycles. The van der Waals surface area contributed by atoms with Crippen LogP contribution in [0.1, 0.15) is 0 Å². The first-order valence-electron chi connectivity index (χ1n) is 11.8. The van der Waals surface area contributed by atoms with E-state index in [9.17, 15) is 15.0 Å². The Morgan fingerprint density at radius 2 is 1.62 bits per heavy atom. The van der Waals surface area contributed by atoms with Crippen LogP contribution >= 0.6 is 0 Å². The van der Waals surface area contributed by atoms with Crippen LogP contribution in [0.4, 0.5) is 4.79 Å². The number of fused-ring (bicyclic) bond motifs is 3. The number of benzene rings is 2. The fourth-order valence-corrected chi connectivity index (χ4v) is 4.21. The Labute approximate surface area is 213 Å². The maximum absolute atomic E-state index is 12.8. The molecule has 0 saturated carbocycles. The standard InChI is InChI=1S/C25H31N3O9/c1-32-23-20(37-24(33-2)22(30)21(23)29)15-26-35-13-11-34-12-14-36-27-25(31)28-18-9-5-3-7-16(18)17-8-4-6-10-19(17)28/h3-10,15,20-24,29-30H,11-14H2,1-2H3,(H,27,31)/b26-15+/t20-,21-,22-,23-,24-/m1/s1. The van der Waals surface area contributed by atoms with Crippen molar-refractivity contribution in [1.29, 1.82) is 0 Å². The molecule has 0 unspecified atom stereocenters. The zero-order chi connectivity index (χ0) is 26.2. The number of methoxy groups -OCH3 is 2. The molecule has 0 radical (unpaired) electrons. The van der Waals surface area contributed by atoms with E-state index in [-0.39, 0.29) is 26.4 Å². The molecular formula is C25H31N3O9. The summed E-state index contributed by atoms with van der Waals surface area (Å²) in [5.74, 6) is 0. The van der Waals surface area contributed by atoms with Crippen molar-refractivity contribution in [3.05, 3.63) is 48.5 Å². The van der Waals surface area contributed by atoms with Gasteiger partial charge in [-0.15, -0.1) is 0 Å². The number of hydrogen-bond donors (Lipinski definition) is 3. The number of hydroxylamine groups is 1. The van der Waals surface area contributed by atoms with Gasteiger partial charge in [-0.25, -0.2) is 10.3 Å². The van der Waals surface area contributed by atoms with Gasteiger partial charge in [-0.2, -0.15) is 0 Å². The van der Waals surface area contributed by atoms with Crippen LogP contribution in [0.25, 0.3) is 21.8 Å². The van der Waals surface area contributed by atoms with Crippen LogP contribution in [0.2, 0.25) is 0 Å². The number of nitrogens with zero attached hydrogens (tertiary/aromatic N) is 2. The van der Waals surface area contributed by atoms with Gasteiger partial charge in [0.05, 0.1) is 37.1 Å². The highest BCUT2D eigenvalue weighted by atomic mass is 16.7. The molecule has 1 fully saturated rings. The second-order valence-corrected chi connectivity index (χ2v) is 8.21. The summed E-state index contributed by atoms with van der Waals surface area (Å²) in [6.07, 6.45) is -3.76. The second-order valence-electron chi connectivity index (χ2n) is 8.21. The van der Waals surface area contributed by atoms with E-state index in [0.29, 0.717) is 0 Å².